The van der Waals surface area contributed by atoms with Gasteiger partial charge in [-0.1, -0.05) is 15.9 Å². The first-order chi connectivity index (χ1) is 8.93. The zero-order chi connectivity index (χ0) is 14.0. The molecule has 0 aliphatic carbocycles. The Morgan fingerprint density at radius 1 is 1.21 bits per heavy atom. The van der Waals surface area contributed by atoms with Gasteiger partial charge in [0.15, 0.2) is 0 Å². The first-order valence-electron chi connectivity index (χ1n) is 5.27. The van der Waals surface area contributed by atoms with E-state index in [-0.39, 0.29) is 4.90 Å². The van der Waals surface area contributed by atoms with Crippen molar-refractivity contribution in [2.24, 2.45) is 0 Å². The summed E-state index contributed by atoms with van der Waals surface area (Å²) in [6.07, 6.45) is 2.94. The Labute approximate surface area is 119 Å². The second kappa shape index (κ2) is 5.26. The lowest BCUT2D eigenvalue weighted by molar-refractivity contribution is 0.565. The van der Waals surface area contributed by atoms with Crippen LogP contribution in [0, 0.1) is 5.82 Å². The number of hydrogen-bond donors (Lipinski definition) is 0. The van der Waals surface area contributed by atoms with Crippen LogP contribution in [-0.2, 0) is 10.0 Å². The van der Waals surface area contributed by atoms with E-state index in [1.807, 2.05) is 0 Å². The van der Waals surface area contributed by atoms with Crippen LogP contribution in [0.5, 0.6) is 0 Å². The molecule has 0 amide bonds. The van der Waals surface area contributed by atoms with Crippen molar-refractivity contribution in [3.8, 4) is 0 Å². The maximum absolute atomic E-state index is 13.8. The number of sulfonamides is 1. The van der Waals surface area contributed by atoms with Crippen LogP contribution >= 0.6 is 15.9 Å². The highest BCUT2D eigenvalue weighted by Crippen LogP contribution is 2.25. The average Bonchev–Trinajstić information content (AvgIpc) is 2.38. The number of anilines is 1. The summed E-state index contributed by atoms with van der Waals surface area (Å²) in [5.74, 6) is -0.796. The number of pyridine rings is 1. The predicted molar refractivity (Wildman–Crippen MR) is 73.9 cm³/mol. The smallest absolute Gasteiger partial charge is 0.266 e. The van der Waals surface area contributed by atoms with E-state index in [2.05, 4.69) is 20.9 Å². The van der Waals surface area contributed by atoms with E-state index in [1.165, 1.54) is 43.7 Å². The van der Waals surface area contributed by atoms with Crippen molar-refractivity contribution in [2.75, 3.05) is 11.4 Å². The Bertz CT molecular complexity index is 692. The summed E-state index contributed by atoms with van der Waals surface area (Å²) in [4.78, 5) is 3.44. The summed E-state index contributed by atoms with van der Waals surface area (Å²) >= 11 is 3.09. The van der Waals surface area contributed by atoms with Gasteiger partial charge >= 0.3 is 0 Å². The van der Waals surface area contributed by atoms with Crippen molar-refractivity contribution in [2.45, 2.75) is 4.90 Å². The maximum Gasteiger partial charge on any atom is 0.266 e. The summed E-state index contributed by atoms with van der Waals surface area (Å²) < 4.78 is 39.9. The lowest BCUT2D eigenvalue weighted by Crippen LogP contribution is -2.27. The van der Waals surface area contributed by atoms with Crippen LogP contribution in [0.2, 0.25) is 0 Å². The summed E-state index contributed by atoms with van der Waals surface area (Å²) in [6, 6.07) is 6.90. The Hall–Kier alpha value is -1.47. The largest absolute Gasteiger partial charge is 0.269 e. The molecule has 0 N–H and O–H groups in total. The molecule has 1 aromatic carbocycles. The van der Waals surface area contributed by atoms with Gasteiger partial charge < -0.3 is 0 Å². The second-order valence-electron chi connectivity index (χ2n) is 3.75. The lowest BCUT2D eigenvalue weighted by atomic mass is 10.3. The molecule has 0 aliphatic rings. The molecule has 2 aromatic rings. The van der Waals surface area contributed by atoms with Crippen molar-refractivity contribution in [3.63, 3.8) is 0 Å². The van der Waals surface area contributed by atoms with Crippen LogP contribution in [0.4, 0.5) is 10.1 Å². The molecule has 1 heterocycles. The Morgan fingerprint density at radius 2 is 1.84 bits per heavy atom. The Kier molecular flexibility index (Phi) is 3.86. The highest BCUT2D eigenvalue weighted by Gasteiger charge is 2.24. The minimum absolute atomic E-state index is 0.366. The van der Waals surface area contributed by atoms with E-state index in [0.29, 0.717) is 10.2 Å². The van der Waals surface area contributed by atoms with Gasteiger partial charge in [-0.3, -0.25) is 9.29 Å². The normalized spacial score (nSPS) is 11.3. The maximum atomic E-state index is 13.8. The third kappa shape index (κ3) is 2.76. The predicted octanol–water partition coefficient (Wildman–Crippen LogP) is 2.81. The number of hydrogen-bond acceptors (Lipinski definition) is 3. The lowest BCUT2D eigenvalue weighted by Gasteiger charge is -2.19. The SMILES string of the molecule is CN(c1ccncc1)S(=O)(=O)c1ccc(Br)cc1F. The summed E-state index contributed by atoms with van der Waals surface area (Å²) in [5, 5.41) is 0. The second-order valence-corrected chi connectivity index (χ2v) is 6.61. The zero-order valence-corrected chi connectivity index (χ0v) is 12.3. The molecule has 100 valence electrons. The molecule has 19 heavy (non-hydrogen) atoms. The topological polar surface area (TPSA) is 50.3 Å². The number of aromatic nitrogens is 1. The molecular weight excluding hydrogens is 335 g/mol. The molecule has 0 aliphatic heterocycles. The van der Waals surface area contributed by atoms with Crippen LogP contribution in [0.3, 0.4) is 0 Å². The van der Waals surface area contributed by atoms with Crippen molar-refractivity contribution < 1.29 is 12.8 Å². The van der Waals surface area contributed by atoms with Gasteiger partial charge in [-0.2, -0.15) is 0 Å². The van der Waals surface area contributed by atoms with Gasteiger partial charge in [-0.25, -0.2) is 12.8 Å². The molecule has 0 atom stereocenters. The third-order valence-electron chi connectivity index (χ3n) is 2.56. The van der Waals surface area contributed by atoms with E-state index in [0.717, 1.165) is 10.4 Å². The van der Waals surface area contributed by atoms with E-state index in [1.54, 1.807) is 0 Å². The summed E-state index contributed by atoms with van der Waals surface area (Å²) in [5.41, 5.74) is 0.414. The van der Waals surface area contributed by atoms with Crippen molar-refractivity contribution in [1.82, 2.24) is 4.98 Å². The first-order valence-corrected chi connectivity index (χ1v) is 7.50. The molecule has 0 saturated heterocycles. The van der Waals surface area contributed by atoms with Gasteiger partial charge in [0.2, 0.25) is 0 Å². The molecule has 0 radical (unpaired) electrons. The van der Waals surface area contributed by atoms with Crippen molar-refractivity contribution in [1.29, 1.82) is 0 Å². The molecule has 0 unspecified atom stereocenters. The van der Waals surface area contributed by atoms with E-state index in [4.69, 9.17) is 0 Å². The third-order valence-corrected chi connectivity index (χ3v) is 4.87. The van der Waals surface area contributed by atoms with Crippen molar-refractivity contribution >= 4 is 31.6 Å². The van der Waals surface area contributed by atoms with E-state index < -0.39 is 15.8 Å². The highest BCUT2D eigenvalue weighted by atomic mass is 79.9. The minimum atomic E-state index is -3.93. The number of benzene rings is 1. The average molecular weight is 345 g/mol. The van der Waals surface area contributed by atoms with E-state index in [9.17, 15) is 12.8 Å². The fourth-order valence-corrected chi connectivity index (χ4v) is 3.10. The molecule has 0 spiro atoms. The van der Waals surface area contributed by atoms with Gasteiger partial charge in [-0.05, 0) is 30.3 Å². The molecule has 4 nitrogen and oxygen atoms in total. The number of nitrogens with zero attached hydrogens (tertiary/aromatic N) is 2. The molecular formula is C12H10BrFN2O2S. The molecule has 2 rings (SSSR count). The molecule has 0 saturated carbocycles. The van der Waals surface area contributed by atoms with Crippen LogP contribution in [0.1, 0.15) is 0 Å². The Balaban J connectivity index is 2.48. The first kappa shape index (κ1) is 14.0. The quantitative estimate of drug-likeness (QED) is 0.860. The minimum Gasteiger partial charge on any atom is -0.269 e. The van der Waals surface area contributed by atoms with Gasteiger partial charge in [0, 0.05) is 23.9 Å². The fraction of sp³-hybridized carbons (Fsp3) is 0.0833. The number of halogens is 2. The highest BCUT2D eigenvalue weighted by molar-refractivity contribution is 9.10. The van der Waals surface area contributed by atoms with E-state index >= 15 is 0 Å². The number of rotatable bonds is 3. The molecule has 7 heteroatoms. The summed E-state index contributed by atoms with van der Waals surface area (Å²) in [7, 11) is -2.56. The van der Waals surface area contributed by atoms with Crippen LogP contribution in [0.25, 0.3) is 0 Å². The van der Waals surface area contributed by atoms with Crippen molar-refractivity contribution in [3.05, 3.63) is 53.0 Å². The monoisotopic (exact) mass is 344 g/mol. The van der Waals surface area contributed by atoms with Gasteiger partial charge in [-0.15, -0.1) is 0 Å². The van der Waals surface area contributed by atoms with Crippen LogP contribution < -0.4 is 4.31 Å². The summed E-state index contributed by atoms with van der Waals surface area (Å²) in [6.45, 7) is 0. The molecule has 0 fully saturated rings. The Morgan fingerprint density at radius 3 is 2.42 bits per heavy atom. The standard InChI is InChI=1S/C12H10BrFN2O2S/c1-16(10-4-6-15-7-5-10)19(17,18)12-3-2-9(13)8-11(12)14/h2-8H,1H3. The van der Waals surface area contributed by atoms with Crippen LogP contribution in [-0.4, -0.2) is 20.4 Å². The van der Waals surface area contributed by atoms with Gasteiger partial charge in [0.1, 0.15) is 10.7 Å². The van der Waals surface area contributed by atoms with Gasteiger partial charge in [0.25, 0.3) is 10.0 Å². The van der Waals surface area contributed by atoms with Crippen LogP contribution in [0.15, 0.2) is 52.1 Å². The van der Waals surface area contributed by atoms with Gasteiger partial charge in [0.05, 0.1) is 5.69 Å². The molecule has 0 bridgehead atoms. The zero-order valence-electron chi connectivity index (χ0n) is 9.92. The fourth-order valence-electron chi connectivity index (χ4n) is 1.52. The molecule has 1 aromatic heterocycles.